The molecule has 1 aliphatic carbocycles. The minimum atomic E-state index is -4.22. The number of hydrogen-bond acceptors (Lipinski definition) is 4. The molecule has 1 fully saturated rings. The van der Waals surface area contributed by atoms with Crippen molar-refractivity contribution >= 4 is 16.0 Å². The van der Waals surface area contributed by atoms with Crippen LogP contribution in [0.5, 0.6) is 0 Å². The SMILES string of the molecule is COC(=O)c1cn(S(=O)(=O)c2cccc(F)c2)c(-c2ccc(F)cc2)c1C1CC1. The maximum Gasteiger partial charge on any atom is 0.339 e. The third-order valence-electron chi connectivity index (χ3n) is 4.87. The van der Waals surface area contributed by atoms with Gasteiger partial charge in [-0.2, -0.15) is 0 Å². The van der Waals surface area contributed by atoms with Crippen LogP contribution in [0.25, 0.3) is 11.3 Å². The lowest BCUT2D eigenvalue weighted by molar-refractivity contribution is 0.0599. The Kier molecular flexibility index (Phi) is 4.74. The molecule has 0 bridgehead atoms. The molecule has 0 spiro atoms. The first-order chi connectivity index (χ1) is 13.8. The molecule has 0 aliphatic heterocycles. The lowest BCUT2D eigenvalue weighted by atomic mass is 10.0. The quantitative estimate of drug-likeness (QED) is 0.580. The largest absolute Gasteiger partial charge is 0.465 e. The molecule has 2 aromatic carbocycles. The normalized spacial score (nSPS) is 14.0. The summed E-state index contributed by atoms with van der Waals surface area (Å²) in [4.78, 5) is 12.1. The summed E-state index contributed by atoms with van der Waals surface area (Å²) in [6.45, 7) is 0. The Labute approximate surface area is 166 Å². The number of ether oxygens (including phenoxy) is 1. The molecule has 3 aromatic rings. The predicted octanol–water partition coefficient (Wildman–Crippen LogP) is 4.33. The molecule has 0 unspecified atom stereocenters. The molecule has 0 N–H and O–H groups in total. The summed E-state index contributed by atoms with van der Waals surface area (Å²) < 4.78 is 59.7. The van der Waals surface area contributed by atoms with Crippen molar-refractivity contribution in [3.05, 3.63) is 77.5 Å². The summed E-state index contributed by atoms with van der Waals surface area (Å²) in [5, 5.41) is 0. The van der Waals surface area contributed by atoms with Crippen LogP contribution in [0.3, 0.4) is 0 Å². The smallest absolute Gasteiger partial charge is 0.339 e. The van der Waals surface area contributed by atoms with Gasteiger partial charge in [0.15, 0.2) is 0 Å². The molecule has 0 atom stereocenters. The Morgan fingerprint density at radius 2 is 1.76 bits per heavy atom. The molecule has 0 radical (unpaired) electrons. The standard InChI is InChI=1S/C21H17F2NO4S/c1-28-21(25)18-12-24(29(26,27)17-4-2-3-16(23)11-17)20(19(18)13-5-6-13)14-7-9-15(22)10-8-14/h2-4,7-13H,5-6H2,1H3. The fraction of sp³-hybridized carbons (Fsp3) is 0.190. The van der Waals surface area contributed by atoms with Crippen LogP contribution in [0.4, 0.5) is 8.78 Å². The van der Waals surface area contributed by atoms with E-state index in [0.717, 1.165) is 28.9 Å². The monoisotopic (exact) mass is 417 g/mol. The van der Waals surface area contributed by atoms with E-state index in [1.807, 2.05) is 0 Å². The average Bonchev–Trinajstić information content (AvgIpc) is 3.47. The van der Waals surface area contributed by atoms with Crippen LogP contribution in [0.15, 0.2) is 59.6 Å². The third-order valence-corrected chi connectivity index (χ3v) is 6.53. The number of methoxy groups -OCH3 is 1. The summed E-state index contributed by atoms with van der Waals surface area (Å²) >= 11 is 0. The lowest BCUT2D eigenvalue weighted by Crippen LogP contribution is -2.14. The van der Waals surface area contributed by atoms with Crippen molar-refractivity contribution in [2.45, 2.75) is 23.7 Å². The van der Waals surface area contributed by atoms with Crippen LogP contribution in [-0.4, -0.2) is 25.5 Å². The second-order valence-electron chi connectivity index (χ2n) is 6.84. The number of aromatic nitrogens is 1. The highest BCUT2D eigenvalue weighted by atomic mass is 32.2. The number of benzene rings is 2. The van der Waals surface area contributed by atoms with E-state index in [4.69, 9.17) is 4.74 Å². The molecule has 1 saturated carbocycles. The van der Waals surface area contributed by atoms with Gasteiger partial charge in [-0.05, 0) is 72.4 Å². The fourth-order valence-electron chi connectivity index (χ4n) is 3.38. The van der Waals surface area contributed by atoms with Crippen LogP contribution in [-0.2, 0) is 14.8 Å². The van der Waals surface area contributed by atoms with Crippen molar-refractivity contribution in [3.8, 4) is 11.3 Å². The first kappa shape index (κ1) is 19.3. The van der Waals surface area contributed by atoms with E-state index in [2.05, 4.69) is 0 Å². The van der Waals surface area contributed by atoms with Gasteiger partial charge in [-0.15, -0.1) is 0 Å². The fourth-order valence-corrected chi connectivity index (χ4v) is 4.80. The van der Waals surface area contributed by atoms with Crippen LogP contribution < -0.4 is 0 Å². The molecule has 4 rings (SSSR count). The molecular formula is C21H17F2NO4S. The average molecular weight is 417 g/mol. The number of halogens is 2. The maximum absolute atomic E-state index is 13.7. The number of nitrogens with zero attached hydrogens (tertiary/aromatic N) is 1. The minimum Gasteiger partial charge on any atom is -0.465 e. The highest BCUT2D eigenvalue weighted by Crippen LogP contribution is 2.48. The number of hydrogen-bond donors (Lipinski definition) is 0. The third kappa shape index (κ3) is 3.44. The highest BCUT2D eigenvalue weighted by molar-refractivity contribution is 7.90. The van der Waals surface area contributed by atoms with Gasteiger partial charge in [0.25, 0.3) is 10.0 Å². The van der Waals surface area contributed by atoms with Gasteiger partial charge in [-0.25, -0.2) is 26.0 Å². The second kappa shape index (κ2) is 7.11. The molecule has 5 nitrogen and oxygen atoms in total. The summed E-state index contributed by atoms with van der Waals surface area (Å²) in [7, 11) is -3.01. The Bertz CT molecular complexity index is 1200. The van der Waals surface area contributed by atoms with E-state index in [9.17, 15) is 22.0 Å². The minimum absolute atomic E-state index is 0.00638. The van der Waals surface area contributed by atoms with Gasteiger partial charge in [0.05, 0.1) is 23.3 Å². The first-order valence-corrected chi connectivity index (χ1v) is 10.4. The highest BCUT2D eigenvalue weighted by Gasteiger charge is 2.37. The molecular weight excluding hydrogens is 400 g/mol. The van der Waals surface area contributed by atoms with Gasteiger partial charge in [0, 0.05) is 6.20 Å². The lowest BCUT2D eigenvalue weighted by Gasteiger charge is -2.13. The molecule has 0 saturated heterocycles. The number of carbonyl (C=O) groups is 1. The summed E-state index contributed by atoms with van der Waals surface area (Å²) in [5.74, 6) is -1.84. The van der Waals surface area contributed by atoms with Crippen molar-refractivity contribution in [3.63, 3.8) is 0 Å². The van der Waals surface area contributed by atoms with Gasteiger partial charge < -0.3 is 4.74 Å². The van der Waals surface area contributed by atoms with Crippen molar-refractivity contribution in [2.24, 2.45) is 0 Å². The van der Waals surface area contributed by atoms with Gasteiger partial charge in [0.1, 0.15) is 11.6 Å². The van der Waals surface area contributed by atoms with Gasteiger partial charge in [-0.1, -0.05) is 6.07 Å². The maximum atomic E-state index is 13.7. The zero-order valence-electron chi connectivity index (χ0n) is 15.4. The van der Waals surface area contributed by atoms with E-state index in [0.29, 0.717) is 11.1 Å². The predicted molar refractivity (Wildman–Crippen MR) is 102 cm³/mol. The van der Waals surface area contributed by atoms with E-state index in [-0.39, 0.29) is 22.1 Å². The second-order valence-corrected chi connectivity index (χ2v) is 8.65. The zero-order chi connectivity index (χ0) is 20.8. The molecule has 1 aliphatic rings. The van der Waals surface area contributed by atoms with Gasteiger partial charge in [-0.3, -0.25) is 0 Å². The Hall–Kier alpha value is -3.00. The summed E-state index contributed by atoms with van der Waals surface area (Å²) in [5.41, 5.74) is 1.37. The Morgan fingerprint density at radius 3 is 2.34 bits per heavy atom. The van der Waals surface area contributed by atoms with Crippen LogP contribution in [0, 0.1) is 11.6 Å². The van der Waals surface area contributed by atoms with Crippen molar-refractivity contribution in [1.82, 2.24) is 3.97 Å². The Balaban J connectivity index is 2.03. The van der Waals surface area contributed by atoms with Crippen LogP contribution in [0.1, 0.15) is 34.7 Å². The number of carbonyl (C=O) groups excluding carboxylic acids is 1. The summed E-state index contributed by atoms with van der Waals surface area (Å²) in [6.07, 6.45) is 2.79. The Morgan fingerprint density at radius 1 is 1.07 bits per heavy atom. The van der Waals surface area contributed by atoms with Crippen molar-refractivity contribution in [1.29, 1.82) is 0 Å². The van der Waals surface area contributed by atoms with E-state index >= 15 is 0 Å². The van der Waals surface area contributed by atoms with Crippen molar-refractivity contribution in [2.75, 3.05) is 7.11 Å². The molecule has 29 heavy (non-hydrogen) atoms. The van der Waals surface area contributed by atoms with E-state index in [1.54, 1.807) is 0 Å². The van der Waals surface area contributed by atoms with Crippen LogP contribution >= 0.6 is 0 Å². The van der Waals surface area contributed by atoms with Crippen LogP contribution in [0.2, 0.25) is 0 Å². The zero-order valence-corrected chi connectivity index (χ0v) is 16.2. The molecule has 150 valence electrons. The van der Waals surface area contributed by atoms with Gasteiger partial charge >= 0.3 is 5.97 Å². The first-order valence-electron chi connectivity index (χ1n) is 8.93. The van der Waals surface area contributed by atoms with Gasteiger partial charge in [0.2, 0.25) is 0 Å². The number of rotatable bonds is 5. The van der Waals surface area contributed by atoms with E-state index in [1.165, 1.54) is 49.7 Å². The van der Waals surface area contributed by atoms with Crippen molar-refractivity contribution < 1.29 is 26.7 Å². The molecule has 8 heteroatoms. The topological polar surface area (TPSA) is 65.4 Å². The summed E-state index contributed by atoms with van der Waals surface area (Å²) in [6, 6.07) is 9.98. The number of esters is 1. The van der Waals surface area contributed by atoms with E-state index < -0.39 is 27.6 Å². The molecule has 0 amide bonds. The molecule has 1 heterocycles. The molecule has 1 aromatic heterocycles.